The summed E-state index contributed by atoms with van der Waals surface area (Å²) < 4.78 is 5.01. The second kappa shape index (κ2) is 3.35. The number of hydrogen-bond donors (Lipinski definition) is 0. The molecule has 22 heavy (non-hydrogen) atoms. The molecule has 0 saturated heterocycles. The third-order valence-electron chi connectivity index (χ3n) is 6.03. The zero-order valence-corrected chi connectivity index (χ0v) is 12.8. The van der Waals surface area contributed by atoms with Crippen LogP contribution in [0.1, 0.15) is 42.5 Å². The molecule has 4 heterocycles. The topological polar surface area (TPSA) is 8.29 Å². The molecule has 0 radical (unpaired) electrons. The minimum absolute atomic E-state index is 0.564. The van der Waals surface area contributed by atoms with E-state index in [0.29, 0.717) is 11.8 Å². The summed E-state index contributed by atoms with van der Waals surface area (Å²) in [6.45, 7) is 5.76. The van der Waals surface area contributed by atoms with E-state index in [0.717, 1.165) is 6.54 Å². The van der Waals surface area contributed by atoms with Gasteiger partial charge in [-0.15, -0.1) is 0 Å². The van der Waals surface area contributed by atoms with Crippen LogP contribution in [0, 0.1) is 0 Å². The highest BCUT2D eigenvalue weighted by atomic mass is 15.1. The molecule has 2 aromatic carbocycles. The molecule has 0 bridgehead atoms. The van der Waals surface area contributed by atoms with E-state index >= 15 is 0 Å². The number of para-hydroxylation sites is 1. The predicted molar refractivity (Wildman–Crippen MR) is 88.5 cm³/mol. The molecule has 0 fully saturated rings. The van der Waals surface area contributed by atoms with Crippen molar-refractivity contribution >= 4 is 27.3 Å². The highest BCUT2D eigenvalue weighted by Gasteiger charge is 2.38. The standard InChI is InChI=1S/C20H17N2/c1-11-12(2)17-10-21-9-13-5-3-7-15-16-8-4-6-14(11)19(16)22(17)20(21)18(13)15/h3-8,10-12H,9H2,1-2H3/q+1. The smallest absolute Gasteiger partial charge is 0.225 e. The number of pyridine rings is 1. The zero-order valence-electron chi connectivity index (χ0n) is 12.8. The number of fused-ring (bicyclic) bond motifs is 1. The van der Waals surface area contributed by atoms with Crippen LogP contribution in [-0.2, 0) is 6.54 Å². The highest BCUT2D eigenvalue weighted by Crippen LogP contribution is 2.45. The van der Waals surface area contributed by atoms with E-state index in [1.165, 1.54) is 44.1 Å². The zero-order chi connectivity index (χ0) is 14.6. The second-order valence-corrected chi connectivity index (χ2v) is 7.00. The Balaban J connectivity index is 2.07. The summed E-state index contributed by atoms with van der Waals surface area (Å²) >= 11 is 0. The average Bonchev–Trinajstić information content (AvgIpc) is 3.08. The summed E-state index contributed by atoms with van der Waals surface area (Å²) in [7, 11) is 0. The van der Waals surface area contributed by atoms with Gasteiger partial charge in [0.05, 0.1) is 5.39 Å². The van der Waals surface area contributed by atoms with Gasteiger partial charge in [0.15, 0.2) is 5.69 Å². The number of benzene rings is 2. The van der Waals surface area contributed by atoms with E-state index in [1.54, 1.807) is 0 Å². The van der Waals surface area contributed by atoms with E-state index in [1.807, 2.05) is 0 Å². The first-order valence-electron chi connectivity index (χ1n) is 8.16. The van der Waals surface area contributed by atoms with Crippen LogP contribution in [0.5, 0.6) is 0 Å². The normalized spacial score (nSPS) is 21.9. The first-order valence-corrected chi connectivity index (χ1v) is 8.16. The fraction of sp³-hybridized carbons (Fsp3) is 0.250. The average molecular weight is 285 g/mol. The number of hydrogen-bond acceptors (Lipinski definition) is 0. The van der Waals surface area contributed by atoms with Gasteiger partial charge in [-0.3, -0.25) is 0 Å². The van der Waals surface area contributed by atoms with Crippen molar-refractivity contribution in [1.29, 1.82) is 0 Å². The molecule has 2 atom stereocenters. The van der Waals surface area contributed by atoms with Gasteiger partial charge in [-0.2, -0.15) is 4.40 Å². The van der Waals surface area contributed by atoms with Gasteiger partial charge in [0.2, 0.25) is 0 Å². The SMILES string of the molecule is CC1c2cccc3c4cccc5c4c4n(c(c[n+]4C5)C1C)c23. The predicted octanol–water partition coefficient (Wildman–Crippen LogP) is 4.12. The first kappa shape index (κ1) is 11.2. The molecular weight excluding hydrogens is 268 g/mol. The lowest BCUT2D eigenvalue weighted by Gasteiger charge is -2.24. The molecule has 2 nitrogen and oxygen atoms in total. The first-order chi connectivity index (χ1) is 10.8. The van der Waals surface area contributed by atoms with Gasteiger partial charge < -0.3 is 0 Å². The van der Waals surface area contributed by atoms with Crippen molar-refractivity contribution in [2.24, 2.45) is 0 Å². The Labute approximate surface area is 128 Å². The summed E-state index contributed by atoms with van der Waals surface area (Å²) in [5, 5.41) is 4.28. The summed E-state index contributed by atoms with van der Waals surface area (Å²) in [5.74, 6) is 1.14. The molecule has 2 aliphatic rings. The highest BCUT2D eigenvalue weighted by molar-refractivity contribution is 6.13. The van der Waals surface area contributed by atoms with Crippen molar-refractivity contribution in [1.82, 2.24) is 4.40 Å². The monoisotopic (exact) mass is 285 g/mol. The molecule has 0 amide bonds. The van der Waals surface area contributed by atoms with Crippen molar-refractivity contribution in [3.63, 3.8) is 0 Å². The van der Waals surface area contributed by atoms with Gasteiger partial charge in [-0.25, -0.2) is 4.57 Å². The molecule has 0 aliphatic carbocycles. The fourth-order valence-corrected chi connectivity index (χ4v) is 4.79. The lowest BCUT2D eigenvalue weighted by molar-refractivity contribution is -0.657. The maximum Gasteiger partial charge on any atom is 0.295 e. The van der Waals surface area contributed by atoms with E-state index < -0.39 is 0 Å². The van der Waals surface area contributed by atoms with Crippen LogP contribution in [0.4, 0.5) is 0 Å². The Morgan fingerprint density at radius 1 is 1.00 bits per heavy atom. The summed E-state index contributed by atoms with van der Waals surface area (Å²) in [6.07, 6.45) is 2.39. The van der Waals surface area contributed by atoms with E-state index in [9.17, 15) is 0 Å². The Kier molecular flexibility index (Phi) is 1.71. The second-order valence-electron chi connectivity index (χ2n) is 7.00. The largest absolute Gasteiger partial charge is 0.295 e. The van der Waals surface area contributed by atoms with Crippen molar-refractivity contribution in [2.45, 2.75) is 32.2 Å². The molecule has 0 saturated carbocycles. The molecule has 0 N–H and O–H groups in total. The molecule has 4 aromatic rings. The van der Waals surface area contributed by atoms with Gasteiger partial charge in [0.1, 0.15) is 18.3 Å². The van der Waals surface area contributed by atoms with Gasteiger partial charge >= 0.3 is 0 Å². The molecule has 2 heteroatoms. The molecule has 2 unspecified atom stereocenters. The van der Waals surface area contributed by atoms with Crippen LogP contribution in [0.2, 0.25) is 0 Å². The number of nitrogens with zero attached hydrogens (tertiary/aromatic N) is 2. The van der Waals surface area contributed by atoms with E-state index in [2.05, 4.69) is 65.4 Å². The van der Waals surface area contributed by atoms with Gasteiger partial charge in [-0.1, -0.05) is 50.2 Å². The lowest BCUT2D eigenvalue weighted by atomic mass is 9.82. The summed E-state index contributed by atoms with van der Waals surface area (Å²) in [4.78, 5) is 0. The van der Waals surface area contributed by atoms with Crippen LogP contribution in [0.15, 0.2) is 42.6 Å². The molecular formula is C20H17N2+. The molecule has 2 aromatic heterocycles. The number of rotatable bonds is 0. The van der Waals surface area contributed by atoms with E-state index in [-0.39, 0.29) is 0 Å². The van der Waals surface area contributed by atoms with Crippen LogP contribution < -0.4 is 4.57 Å². The Bertz CT molecular complexity index is 1130. The fourth-order valence-electron chi connectivity index (χ4n) is 4.79. The molecule has 106 valence electrons. The van der Waals surface area contributed by atoms with Gasteiger partial charge in [0, 0.05) is 27.8 Å². The minimum Gasteiger partial charge on any atom is -0.225 e. The minimum atomic E-state index is 0.564. The van der Waals surface area contributed by atoms with Crippen LogP contribution in [0.3, 0.4) is 0 Å². The van der Waals surface area contributed by atoms with Crippen LogP contribution >= 0.6 is 0 Å². The summed E-state index contributed by atoms with van der Waals surface area (Å²) in [5.41, 5.74) is 7.27. The van der Waals surface area contributed by atoms with Crippen molar-refractivity contribution in [2.75, 3.05) is 0 Å². The maximum absolute atomic E-state index is 2.55. The molecule has 0 spiro atoms. The van der Waals surface area contributed by atoms with Crippen molar-refractivity contribution in [3.05, 3.63) is 59.4 Å². The number of imidazole rings is 1. The van der Waals surface area contributed by atoms with Gasteiger partial charge in [-0.05, 0) is 5.92 Å². The molecule has 2 aliphatic heterocycles. The third kappa shape index (κ3) is 1.01. The Morgan fingerprint density at radius 3 is 2.73 bits per heavy atom. The number of aromatic nitrogens is 2. The maximum atomic E-state index is 2.55. The summed E-state index contributed by atoms with van der Waals surface area (Å²) in [6, 6.07) is 13.6. The lowest BCUT2D eigenvalue weighted by Crippen LogP contribution is -2.28. The molecule has 6 rings (SSSR count). The quantitative estimate of drug-likeness (QED) is 0.299. The van der Waals surface area contributed by atoms with Gasteiger partial charge in [0.25, 0.3) is 5.65 Å². The Hall–Kier alpha value is -2.35. The van der Waals surface area contributed by atoms with Crippen LogP contribution in [-0.4, -0.2) is 4.40 Å². The third-order valence-corrected chi connectivity index (χ3v) is 6.03. The van der Waals surface area contributed by atoms with Crippen LogP contribution in [0.25, 0.3) is 27.3 Å². The van der Waals surface area contributed by atoms with Crippen molar-refractivity contribution < 1.29 is 4.57 Å². The van der Waals surface area contributed by atoms with E-state index in [4.69, 9.17) is 0 Å². The van der Waals surface area contributed by atoms with Crippen molar-refractivity contribution in [3.8, 4) is 0 Å². The Morgan fingerprint density at radius 2 is 1.82 bits per heavy atom.